The Kier molecular flexibility index (Phi) is 4.18. The molecule has 0 bridgehead atoms. The molecule has 0 aromatic carbocycles. The third-order valence-electron chi connectivity index (χ3n) is 2.56. The van der Waals surface area contributed by atoms with Crippen LogP contribution in [0.25, 0.3) is 0 Å². The first kappa shape index (κ1) is 10.5. The number of hydrogen-bond donors (Lipinski definition) is 2. The molecule has 1 rings (SSSR count). The van der Waals surface area contributed by atoms with E-state index in [-0.39, 0.29) is 11.9 Å². The highest BCUT2D eigenvalue weighted by Crippen LogP contribution is 2.16. The van der Waals surface area contributed by atoms with Crippen LogP contribution in [0.4, 0.5) is 0 Å². The molecule has 4 nitrogen and oxygen atoms in total. The zero-order chi connectivity index (χ0) is 9.68. The van der Waals surface area contributed by atoms with Gasteiger partial charge in [-0.15, -0.1) is 0 Å². The first-order valence-corrected chi connectivity index (χ1v) is 4.93. The highest BCUT2D eigenvalue weighted by Gasteiger charge is 2.27. The van der Waals surface area contributed by atoms with E-state index in [0.29, 0.717) is 0 Å². The Hall–Kier alpha value is -0.610. The number of nitrogens with two attached hydrogens (primary N) is 1. The van der Waals surface area contributed by atoms with Crippen LogP contribution >= 0.6 is 0 Å². The van der Waals surface area contributed by atoms with Gasteiger partial charge in [-0.3, -0.25) is 9.69 Å². The maximum Gasteiger partial charge on any atom is 0.234 e. The molecule has 0 aromatic rings. The predicted octanol–water partition coefficient (Wildman–Crippen LogP) is -0.454. The Labute approximate surface area is 79.5 Å². The van der Waals surface area contributed by atoms with Crippen LogP contribution < -0.4 is 11.1 Å². The minimum absolute atomic E-state index is 0.00291. The maximum absolute atomic E-state index is 11.0. The Morgan fingerprint density at radius 1 is 1.69 bits per heavy atom. The lowest BCUT2D eigenvalue weighted by molar-refractivity contribution is -0.122. The molecule has 4 heteroatoms. The van der Waals surface area contributed by atoms with Crippen LogP contribution in [-0.2, 0) is 4.79 Å². The lowest BCUT2D eigenvalue weighted by Crippen LogP contribution is -2.41. The number of nitrogens with zero attached hydrogens (tertiary/aromatic N) is 1. The van der Waals surface area contributed by atoms with Gasteiger partial charge in [-0.1, -0.05) is 0 Å². The summed E-state index contributed by atoms with van der Waals surface area (Å²) in [6, 6.07) is -0.00291. The normalized spacial score (nSPS) is 23.6. The van der Waals surface area contributed by atoms with E-state index in [1.54, 1.807) is 0 Å². The molecule has 1 heterocycles. The number of nitrogens with one attached hydrogen (secondary N) is 1. The largest absolute Gasteiger partial charge is 0.368 e. The number of hydrogen-bond acceptors (Lipinski definition) is 3. The van der Waals surface area contributed by atoms with Crippen molar-refractivity contribution in [2.75, 3.05) is 26.7 Å². The first-order chi connectivity index (χ1) is 6.25. The molecule has 1 saturated heterocycles. The molecule has 3 N–H and O–H groups in total. The number of rotatable bonds is 5. The third kappa shape index (κ3) is 2.97. The SMILES string of the molecule is CNCCCN1CCCC1C(N)=O. The molecular weight excluding hydrogens is 166 g/mol. The summed E-state index contributed by atoms with van der Waals surface area (Å²) in [5, 5.41) is 3.09. The fraction of sp³-hybridized carbons (Fsp3) is 0.889. The summed E-state index contributed by atoms with van der Waals surface area (Å²) in [5.41, 5.74) is 5.30. The fourth-order valence-corrected chi connectivity index (χ4v) is 1.87. The van der Waals surface area contributed by atoms with Crippen LogP contribution in [0.1, 0.15) is 19.3 Å². The number of primary amides is 1. The average Bonchev–Trinajstić information content (AvgIpc) is 2.53. The fourth-order valence-electron chi connectivity index (χ4n) is 1.87. The Bertz CT molecular complexity index is 172. The number of carbonyl (C=O) groups is 1. The third-order valence-corrected chi connectivity index (χ3v) is 2.56. The van der Waals surface area contributed by atoms with Gasteiger partial charge in [-0.25, -0.2) is 0 Å². The molecule has 1 amide bonds. The molecule has 1 atom stereocenters. The molecule has 0 aromatic heterocycles. The van der Waals surface area contributed by atoms with Crippen LogP contribution in [0, 0.1) is 0 Å². The maximum atomic E-state index is 11.0. The van der Waals surface area contributed by atoms with Crippen LogP contribution in [0.5, 0.6) is 0 Å². The van der Waals surface area contributed by atoms with Gasteiger partial charge >= 0.3 is 0 Å². The molecule has 1 fully saturated rings. The molecule has 0 spiro atoms. The molecule has 76 valence electrons. The second kappa shape index (κ2) is 5.19. The quantitative estimate of drug-likeness (QED) is 0.570. The van der Waals surface area contributed by atoms with Crippen molar-refractivity contribution in [3.63, 3.8) is 0 Å². The van der Waals surface area contributed by atoms with E-state index in [0.717, 1.165) is 38.9 Å². The Morgan fingerprint density at radius 3 is 3.08 bits per heavy atom. The zero-order valence-corrected chi connectivity index (χ0v) is 8.25. The van der Waals surface area contributed by atoms with E-state index in [4.69, 9.17) is 5.73 Å². The summed E-state index contributed by atoms with van der Waals surface area (Å²) in [4.78, 5) is 13.2. The molecule has 1 unspecified atom stereocenters. The summed E-state index contributed by atoms with van der Waals surface area (Å²) in [6.07, 6.45) is 3.13. The van der Waals surface area contributed by atoms with E-state index in [9.17, 15) is 4.79 Å². The van der Waals surface area contributed by atoms with E-state index in [1.165, 1.54) is 0 Å². The van der Waals surface area contributed by atoms with Crippen LogP contribution in [-0.4, -0.2) is 43.5 Å². The van der Waals surface area contributed by atoms with Gasteiger partial charge in [0, 0.05) is 6.54 Å². The van der Waals surface area contributed by atoms with Gasteiger partial charge in [-0.2, -0.15) is 0 Å². The number of likely N-dealkylation sites (tertiary alicyclic amines) is 1. The summed E-state index contributed by atoms with van der Waals surface area (Å²) in [5.74, 6) is -0.165. The standard InChI is InChI=1S/C9H19N3O/c1-11-5-3-7-12-6-2-4-8(12)9(10)13/h8,11H,2-7H2,1H3,(H2,10,13). The van der Waals surface area contributed by atoms with Gasteiger partial charge in [0.2, 0.25) is 5.91 Å². The molecule has 1 aliphatic rings. The van der Waals surface area contributed by atoms with Gasteiger partial charge in [0.15, 0.2) is 0 Å². The first-order valence-electron chi connectivity index (χ1n) is 4.93. The second-order valence-corrected chi connectivity index (χ2v) is 3.55. The van der Waals surface area contributed by atoms with Gasteiger partial charge in [0.25, 0.3) is 0 Å². The lowest BCUT2D eigenvalue weighted by atomic mass is 10.2. The topological polar surface area (TPSA) is 58.4 Å². The van der Waals surface area contributed by atoms with Crippen molar-refractivity contribution in [2.45, 2.75) is 25.3 Å². The van der Waals surface area contributed by atoms with Crippen LogP contribution in [0.3, 0.4) is 0 Å². The molecule has 0 radical (unpaired) electrons. The van der Waals surface area contributed by atoms with Crippen molar-refractivity contribution in [3.8, 4) is 0 Å². The Morgan fingerprint density at radius 2 is 2.46 bits per heavy atom. The van der Waals surface area contributed by atoms with Gasteiger partial charge in [-0.05, 0) is 39.4 Å². The summed E-state index contributed by atoms with van der Waals surface area (Å²) in [7, 11) is 1.94. The second-order valence-electron chi connectivity index (χ2n) is 3.55. The van der Waals surface area contributed by atoms with Crippen LogP contribution in [0.2, 0.25) is 0 Å². The van der Waals surface area contributed by atoms with E-state index in [2.05, 4.69) is 10.2 Å². The van der Waals surface area contributed by atoms with Crippen molar-refractivity contribution in [1.82, 2.24) is 10.2 Å². The smallest absolute Gasteiger partial charge is 0.234 e. The van der Waals surface area contributed by atoms with Crippen molar-refractivity contribution in [1.29, 1.82) is 0 Å². The van der Waals surface area contributed by atoms with Crippen LogP contribution in [0.15, 0.2) is 0 Å². The summed E-state index contributed by atoms with van der Waals surface area (Å²) < 4.78 is 0. The van der Waals surface area contributed by atoms with Gasteiger partial charge in [0.1, 0.15) is 0 Å². The molecule has 0 aliphatic carbocycles. The van der Waals surface area contributed by atoms with E-state index in [1.807, 2.05) is 7.05 Å². The number of amides is 1. The lowest BCUT2D eigenvalue weighted by Gasteiger charge is -2.21. The minimum atomic E-state index is -0.165. The van der Waals surface area contributed by atoms with E-state index >= 15 is 0 Å². The van der Waals surface area contributed by atoms with Crippen molar-refractivity contribution in [3.05, 3.63) is 0 Å². The van der Waals surface area contributed by atoms with Gasteiger partial charge < -0.3 is 11.1 Å². The minimum Gasteiger partial charge on any atom is -0.368 e. The highest BCUT2D eigenvalue weighted by molar-refractivity contribution is 5.80. The molecule has 1 aliphatic heterocycles. The molecule has 0 saturated carbocycles. The van der Waals surface area contributed by atoms with E-state index < -0.39 is 0 Å². The zero-order valence-electron chi connectivity index (χ0n) is 8.25. The predicted molar refractivity (Wildman–Crippen MR) is 52.3 cm³/mol. The highest BCUT2D eigenvalue weighted by atomic mass is 16.1. The van der Waals surface area contributed by atoms with Crippen molar-refractivity contribution >= 4 is 5.91 Å². The summed E-state index contributed by atoms with van der Waals surface area (Å²) >= 11 is 0. The van der Waals surface area contributed by atoms with Gasteiger partial charge in [0.05, 0.1) is 6.04 Å². The number of carbonyl (C=O) groups excluding carboxylic acids is 1. The average molecular weight is 185 g/mol. The molecular formula is C9H19N3O. The van der Waals surface area contributed by atoms with Crippen molar-refractivity contribution < 1.29 is 4.79 Å². The Balaban J connectivity index is 2.27. The monoisotopic (exact) mass is 185 g/mol. The van der Waals surface area contributed by atoms with Crippen molar-refractivity contribution in [2.24, 2.45) is 5.73 Å². The molecule has 13 heavy (non-hydrogen) atoms. The summed E-state index contributed by atoms with van der Waals surface area (Å²) in [6.45, 7) is 3.01.